The number of benzene rings is 9. The average Bonchev–Trinajstić information content (AvgIpc) is 3.49. The Hall–Kier alpha value is -6.12. The van der Waals surface area contributed by atoms with Gasteiger partial charge in [-0.1, -0.05) is 121 Å². The van der Waals surface area contributed by atoms with Crippen LogP contribution in [0.25, 0.3) is 76.0 Å². The molecule has 0 aliphatic rings. The molecule has 0 saturated heterocycles. The highest BCUT2D eigenvalue weighted by Gasteiger charge is 2.24. The number of hydrogen-bond acceptors (Lipinski definition) is 1. The quantitative estimate of drug-likeness (QED) is 0.174. The molecule has 0 atom stereocenters. The lowest BCUT2D eigenvalue weighted by atomic mass is 9.88. The molecule has 9 aromatic carbocycles. The van der Waals surface area contributed by atoms with E-state index in [9.17, 15) is 0 Å². The topological polar surface area (TPSA) is 8.17 Å². The van der Waals surface area contributed by atoms with Crippen LogP contribution in [0.4, 0.5) is 17.1 Å². The molecular weight excluding hydrogens is 605 g/mol. The van der Waals surface area contributed by atoms with Crippen molar-refractivity contribution >= 4 is 82.0 Å². The molecule has 238 valence electrons. The van der Waals surface area contributed by atoms with Crippen LogP contribution in [0.2, 0.25) is 0 Å². The molecule has 50 heavy (non-hydrogen) atoms. The number of anilines is 3. The zero-order chi connectivity index (χ0) is 33.6. The number of rotatable bonds is 4. The fourth-order valence-electron chi connectivity index (χ4n) is 8.50. The maximum atomic E-state index is 2.52. The Morgan fingerprint density at radius 2 is 1.06 bits per heavy atom. The minimum absolute atomic E-state index is 0.0504. The van der Waals surface area contributed by atoms with Gasteiger partial charge in [0.05, 0.1) is 11.2 Å². The second-order valence-electron chi connectivity index (χ2n) is 14.5. The van der Waals surface area contributed by atoms with Crippen LogP contribution < -0.4 is 4.90 Å². The maximum absolute atomic E-state index is 2.52. The van der Waals surface area contributed by atoms with Gasteiger partial charge in [-0.2, -0.15) is 0 Å². The third-order valence-corrected chi connectivity index (χ3v) is 10.5. The molecule has 2 nitrogen and oxygen atoms in total. The molecule has 0 bridgehead atoms. The smallest absolute Gasteiger partial charge is 0.0540 e. The van der Waals surface area contributed by atoms with Crippen LogP contribution in [0, 0.1) is 0 Å². The van der Waals surface area contributed by atoms with E-state index in [4.69, 9.17) is 0 Å². The third-order valence-electron chi connectivity index (χ3n) is 10.5. The van der Waals surface area contributed by atoms with Gasteiger partial charge in [0.2, 0.25) is 0 Å². The van der Waals surface area contributed by atoms with E-state index in [1.54, 1.807) is 0 Å². The lowest BCUT2D eigenvalue weighted by Gasteiger charge is -2.27. The highest BCUT2D eigenvalue weighted by atomic mass is 15.1. The molecule has 1 heterocycles. The van der Waals surface area contributed by atoms with E-state index < -0.39 is 0 Å². The fourth-order valence-corrected chi connectivity index (χ4v) is 8.50. The van der Waals surface area contributed by atoms with Crippen LogP contribution >= 0.6 is 0 Å². The summed E-state index contributed by atoms with van der Waals surface area (Å²) in [6, 6.07) is 60.3. The van der Waals surface area contributed by atoms with E-state index >= 15 is 0 Å². The van der Waals surface area contributed by atoms with E-state index in [2.05, 4.69) is 194 Å². The van der Waals surface area contributed by atoms with Gasteiger partial charge in [-0.25, -0.2) is 0 Å². The minimum Gasteiger partial charge on any atom is -0.335 e. The first kappa shape index (κ1) is 28.9. The standard InChI is InChI=1S/C48H36N2/c1-48(2,3)50-43-18-10-9-17-40(43)47-41-29-28-39-37(27-24-33-20-21-34(30-44(47)50)46(41)45(33)39)32-22-25-36(26-23-32)49(35-14-5-4-6-15-35)42-19-11-13-31-12-7-8-16-38(31)42/h4-30H,1-3H3. The van der Waals surface area contributed by atoms with Gasteiger partial charge >= 0.3 is 0 Å². The van der Waals surface area contributed by atoms with E-state index in [-0.39, 0.29) is 5.54 Å². The number of hydrogen-bond donors (Lipinski definition) is 0. The van der Waals surface area contributed by atoms with Gasteiger partial charge in [0.15, 0.2) is 0 Å². The monoisotopic (exact) mass is 640 g/mol. The van der Waals surface area contributed by atoms with Crippen molar-refractivity contribution in [3.05, 3.63) is 164 Å². The van der Waals surface area contributed by atoms with Crippen LogP contribution in [0.5, 0.6) is 0 Å². The molecule has 0 N–H and O–H groups in total. The van der Waals surface area contributed by atoms with Gasteiger partial charge in [-0.05, 0) is 112 Å². The SMILES string of the molecule is CC(C)(C)n1c2ccccc2c2c3ccc4c(-c5ccc(N(c6ccccc6)c6cccc7ccccc67)cc5)ccc5ccc(cc21)c3c54. The summed E-state index contributed by atoms with van der Waals surface area (Å²) in [7, 11) is 0. The second kappa shape index (κ2) is 10.7. The van der Waals surface area contributed by atoms with Gasteiger partial charge in [0.1, 0.15) is 0 Å². The molecule has 0 spiro atoms. The summed E-state index contributed by atoms with van der Waals surface area (Å²) < 4.78 is 2.52. The van der Waals surface area contributed by atoms with Crippen molar-refractivity contribution in [2.75, 3.05) is 4.90 Å². The Morgan fingerprint density at radius 1 is 0.420 bits per heavy atom. The summed E-state index contributed by atoms with van der Waals surface area (Å²) in [4.78, 5) is 2.37. The Kier molecular flexibility index (Phi) is 6.17. The number of aromatic nitrogens is 1. The van der Waals surface area contributed by atoms with Crippen LogP contribution in [-0.2, 0) is 5.54 Å². The van der Waals surface area contributed by atoms with Crippen LogP contribution in [0.3, 0.4) is 0 Å². The molecule has 0 saturated carbocycles. The highest BCUT2D eigenvalue weighted by Crippen LogP contribution is 2.46. The van der Waals surface area contributed by atoms with Crippen molar-refractivity contribution in [2.45, 2.75) is 26.3 Å². The molecule has 1 aromatic heterocycles. The van der Waals surface area contributed by atoms with Crippen LogP contribution in [0.1, 0.15) is 20.8 Å². The van der Waals surface area contributed by atoms with Crippen molar-refractivity contribution in [1.29, 1.82) is 0 Å². The molecule has 0 aliphatic carbocycles. The summed E-state index contributed by atoms with van der Waals surface area (Å²) in [6.07, 6.45) is 0. The summed E-state index contributed by atoms with van der Waals surface area (Å²) in [5.74, 6) is 0. The minimum atomic E-state index is -0.0504. The summed E-state index contributed by atoms with van der Waals surface area (Å²) >= 11 is 0. The fraction of sp³-hybridized carbons (Fsp3) is 0.0833. The summed E-state index contributed by atoms with van der Waals surface area (Å²) in [5, 5.41) is 13.0. The van der Waals surface area contributed by atoms with Crippen molar-refractivity contribution < 1.29 is 0 Å². The zero-order valence-corrected chi connectivity index (χ0v) is 28.5. The predicted octanol–water partition coefficient (Wildman–Crippen LogP) is 13.7. The van der Waals surface area contributed by atoms with Crippen LogP contribution in [0.15, 0.2) is 164 Å². The molecule has 0 radical (unpaired) electrons. The molecule has 2 heteroatoms. The Labute approximate surface area is 291 Å². The van der Waals surface area contributed by atoms with Crippen LogP contribution in [-0.4, -0.2) is 4.57 Å². The molecule has 10 aromatic rings. The average molecular weight is 641 g/mol. The summed E-state index contributed by atoms with van der Waals surface area (Å²) in [6.45, 7) is 6.92. The van der Waals surface area contributed by atoms with E-state index in [0.717, 1.165) is 11.4 Å². The van der Waals surface area contributed by atoms with Crippen molar-refractivity contribution in [1.82, 2.24) is 4.57 Å². The number of nitrogens with zero attached hydrogens (tertiary/aromatic N) is 2. The normalized spacial score (nSPS) is 12.3. The molecule has 0 amide bonds. The lowest BCUT2D eigenvalue weighted by Crippen LogP contribution is -2.21. The first-order valence-electron chi connectivity index (χ1n) is 17.5. The molecular formula is C48H36N2. The van der Waals surface area contributed by atoms with Gasteiger partial charge < -0.3 is 9.47 Å². The van der Waals surface area contributed by atoms with Crippen molar-refractivity contribution in [2.24, 2.45) is 0 Å². The molecule has 0 fully saturated rings. The first-order valence-corrected chi connectivity index (χ1v) is 17.5. The number of para-hydroxylation sites is 2. The van der Waals surface area contributed by atoms with Gasteiger partial charge in [-0.15, -0.1) is 0 Å². The van der Waals surface area contributed by atoms with Gasteiger partial charge in [-0.3, -0.25) is 0 Å². The van der Waals surface area contributed by atoms with Crippen molar-refractivity contribution in [3.63, 3.8) is 0 Å². The largest absolute Gasteiger partial charge is 0.335 e. The predicted molar refractivity (Wildman–Crippen MR) is 216 cm³/mol. The van der Waals surface area contributed by atoms with E-state index in [1.807, 2.05) is 0 Å². The second-order valence-corrected chi connectivity index (χ2v) is 14.5. The van der Waals surface area contributed by atoms with Gasteiger partial charge in [0.25, 0.3) is 0 Å². The molecule has 10 rings (SSSR count). The highest BCUT2D eigenvalue weighted by molar-refractivity contribution is 6.33. The van der Waals surface area contributed by atoms with Crippen molar-refractivity contribution in [3.8, 4) is 11.1 Å². The lowest BCUT2D eigenvalue weighted by molar-refractivity contribution is 0.423. The van der Waals surface area contributed by atoms with Gasteiger partial charge in [0, 0.05) is 38.6 Å². The Morgan fingerprint density at radius 3 is 1.88 bits per heavy atom. The van der Waals surface area contributed by atoms with E-state index in [1.165, 1.54) is 81.7 Å². The maximum Gasteiger partial charge on any atom is 0.0540 e. The molecule has 0 unspecified atom stereocenters. The first-order chi connectivity index (χ1) is 24.5. The number of fused-ring (bicyclic) bond motifs is 5. The van der Waals surface area contributed by atoms with E-state index in [0.29, 0.717) is 0 Å². The zero-order valence-electron chi connectivity index (χ0n) is 28.5. The summed E-state index contributed by atoms with van der Waals surface area (Å²) in [5.41, 5.74) is 8.45. The third kappa shape index (κ3) is 4.21. The Balaban J connectivity index is 1.17. The molecule has 0 aliphatic heterocycles. The Bertz CT molecular complexity index is 2880.